The van der Waals surface area contributed by atoms with Crippen LogP contribution in [0.4, 0.5) is 11.5 Å². The SMILES string of the molecule is [C-]#[N+]c1cc(C#N)nc(-c2cnc(-c3ccc4c(c3)C(C)(C)C(C)(C)C4(C)C)c([N+]#[C-])c2)n1. The van der Waals surface area contributed by atoms with Gasteiger partial charge in [-0.15, -0.1) is 0 Å². The number of hydrogen-bond acceptors (Lipinski definition) is 4. The van der Waals surface area contributed by atoms with E-state index >= 15 is 0 Å². The molecule has 33 heavy (non-hydrogen) atoms. The Morgan fingerprint density at radius 2 is 1.55 bits per heavy atom. The molecule has 0 amide bonds. The molecule has 6 heteroatoms. The van der Waals surface area contributed by atoms with Gasteiger partial charge in [0.15, 0.2) is 0 Å². The quantitative estimate of drug-likeness (QED) is 0.419. The molecule has 0 spiro atoms. The predicted molar refractivity (Wildman–Crippen MR) is 128 cm³/mol. The number of benzene rings is 1. The molecule has 6 nitrogen and oxygen atoms in total. The summed E-state index contributed by atoms with van der Waals surface area (Å²) in [5.74, 6) is 0.290. The fourth-order valence-corrected chi connectivity index (χ4v) is 4.77. The minimum absolute atomic E-state index is 0.00792. The van der Waals surface area contributed by atoms with Crippen molar-refractivity contribution in [3.63, 3.8) is 0 Å². The molecule has 1 aliphatic carbocycles. The summed E-state index contributed by atoms with van der Waals surface area (Å²) < 4.78 is 0. The summed E-state index contributed by atoms with van der Waals surface area (Å²) in [7, 11) is 0. The van der Waals surface area contributed by atoms with Crippen LogP contribution in [0.2, 0.25) is 0 Å². The number of rotatable bonds is 2. The maximum Gasteiger partial charge on any atom is 0.274 e. The van der Waals surface area contributed by atoms with E-state index in [9.17, 15) is 5.26 Å². The van der Waals surface area contributed by atoms with Crippen LogP contribution >= 0.6 is 0 Å². The smallest absolute Gasteiger partial charge is 0.274 e. The third kappa shape index (κ3) is 3.09. The average molecular weight is 433 g/mol. The predicted octanol–water partition coefficient (Wildman–Crippen LogP) is 6.77. The van der Waals surface area contributed by atoms with Crippen molar-refractivity contribution in [2.24, 2.45) is 5.41 Å². The Labute approximate surface area is 194 Å². The zero-order valence-electron chi connectivity index (χ0n) is 19.6. The van der Waals surface area contributed by atoms with Crippen molar-refractivity contribution in [2.45, 2.75) is 52.4 Å². The van der Waals surface area contributed by atoms with Crippen LogP contribution in [-0.4, -0.2) is 15.0 Å². The summed E-state index contributed by atoms with van der Waals surface area (Å²) in [4.78, 5) is 20.0. The van der Waals surface area contributed by atoms with Gasteiger partial charge < -0.3 is 4.85 Å². The first-order chi connectivity index (χ1) is 15.5. The van der Waals surface area contributed by atoms with Gasteiger partial charge in [0.25, 0.3) is 11.6 Å². The normalized spacial score (nSPS) is 16.8. The maximum atomic E-state index is 9.21. The lowest BCUT2D eigenvalue weighted by atomic mass is 9.59. The van der Waals surface area contributed by atoms with Crippen LogP contribution in [0.15, 0.2) is 36.5 Å². The van der Waals surface area contributed by atoms with Gasteiger partial charge in [-0.2, -0.15) is 10.2 Å². The lowest BCUT2D eigenvalue weighted by Crippen LogP contribution is -2.42. The zero-order valence-corrected chi connectivity index (χ0v) is 19.6. The van der Waals surface area contributed by atoms with E-state index in [2.05, 4.69) is 78.3 Å². The Balaban J connectivity index is 1.85. The molecule has 4 rings (SSSR count). The molecular formula is C27H24N6. The highest BCUT2D eigenvalue weighted by Gasteiger charge is 2.56. The number of nitrogens with zero attached hydrogens (tertiary/aromatic N) is 6. The van der Waals surface area contributed by atoms with Crippen molar-refractivity contribution in [2.75, 3.05) is 0 Å². The third-order valence-corrected chi connectivity index (χ3v) is 7.95. The second-order valence-corrected chi connectivity index (χ2v) is 10.00. The van der Waals surface area contributed by atoms with Crippen LogP contribution < -0.4 is 0 Å². The minimum atomic E-state index is -0.0538. The van der Waals surface area contributed by atoms with Gasteiger partial charge in [0.1, 0.15) is 11.8 Å². The average Bonchev–Trinajstić information content (AvgIpc) is 2.92. The van der Waals surface area contributed by atoms with Crippen molar-refractivity contribution >= 4 is 11.5 Å². The van der Waals surface area contributed by atoms with E-state index in [1.807, 2.05) is 12.1 Å². The summed E-state index contributed by atoms with van der Waals surface area (Å²) >= 11 is 0. The molecule has 0 saturated carbocycles. The van der Waals surface area contributed by atoms with Crippen molar-refractivity contribution in [3.8, 4) is 28.7 Å². The number of fused-ring (bicyclic) bond motifs is 1. The molecule has 2 aromatic heterocycles. The number of aromatic nitrogens is 3. The van der Waals surface area contributed by atoms with E-state index in [1.165, 1.54) is 17.2 Å². The third-order valence-electron chi connectivity index (χ3n) is 7.95. The van der Waals surface area contributed by atoms with Crippen molar-refractivity contribution in [3.05, 3.63) is 76.2 Å². The summed E-state index contributed by atoms with van der Waals surface area (Å²) in [6.45, 7) is 28.8. The van der Waals surface area contributed by atoms with Crippen LogP contribution in [-0.2, 0) is 10.8 Å². The highest BCUT2D eigenvalue weighted by atomic mass is 15.0. The molecule has 0 saturated heterocycles. The van der Waals surface area contributed by atoms with Crippen LogP contribution in [0, 0.1) is 29.9 Å². The fourth-order valence-electron chi connectivity index (χ4n) is 4.77. The molecule has 3 aromatic rings. The molecule has 0 bridgehead atoms. The molecule has 0 fully saturated rings. The van der Waals surface area contributed by atoms with Gasteiger partial charge in [0.05, 0.1) is 17.8 Å². The fraction of sp³-hybridized carbons (Fsp3) is 0.333. The van der Waals surface area contributed by atoms with Crippen molar-refractivity contribution in [1.29, 1.82) is 5.26 Å². The minimum Gasteiger partial charge on any atom is -0.360 e. The first-order valence-electron chi connectivity index (χ1n) is 10.7. The molecule has 2 heterocycles. The van der Waals surface area contributed by atoms with Gasteiger partial charge >= 0.3 is 0 Å². The number of pyridine rings is 1. The van der Waals surface area contributed by atoms with E-state index in [1.54, 1.807) is 12.3 Å². The lowest BCUT2D eigenvalue weighted by Gasteiger charge is -2.44. The van der Waals surface area contributed by atoms with E-state index < -0.39 is 0 Å². The summed E-state index contributed by atoms with van der Waals surface area (Å²) in [6.07, 6.45) is 1.60. The molecule has 162 valence electrons. The highest BCUT2D eigenvalue weighted by Crippen LogP contribution is 2.61. The van der Waals surface area contributed by atoms with Gasteiger partial charge in [0.2, 0.25) is 5.69 Å². The first-order valence-corrected chi connectivity index (χ1v) is 10.7. The molecule has 0 unspecified atom stereocenters. The van der Waals surface area contributed by atoms with Gasteiger partial charge in [-0.3, -0.25) is 4.98 Å². The number of nitriles is 1. The molecule has 0 N–H and O–H groups in total. The Morgan fingerprint density at radius 1 is 0.848 bits per heavy atom. The van der Waals surface area contributed by atoms with Crippen molar-refractivity contribution < 1.29 is 0 Å². The summed E-state index contributed by atoms with van der Waals surface area (Å²) in [5, 5.41) is 9.21. The second-order valence-electron chi connectivity index (χ2n) is 10.00. The summed E-state index contributed by atoms with van der Waals surface area (Å²) in [6, 6.07) is 11.3. The highest BCUT2D eigenvalue weighted by molar-refractivity contribution is 5.79. The Bertz CT molecular complexity index is 1390. The second kappa shape index (κ2) is 7.22. The molecule has 1 aliphatic rings. The van der Waals surface area contributed by atoms with Crippen LogP contribution in [0.1, 0.15) is 58.4 Å². The largest absolute Gasteiger partial charge is 0.360 e. The van der Waals surface area contributed by atoms with Crippen molar-refractivity contribution in [1.82, 2.24) is 15.0 Å². The molecule has 0 aliphatic heterocycles. The topological polar surface area (TPSA) is 71.2 Å². The zero-order chi connectivity index (χ0) is 24.2. The molecule has 0 radical (unpaired) electrons. The monoisotopic (exact) mass is 432 g/mol. The molecule has 0 atom stereocenters. The standard InChI is InChI=1S/C27H24N6/c1-25(2)19-10-9-16(11-20(19)26(3,4)27(25,5)6)23-21(29-7)12-17(15-31-23)24-32-18(14-28)13-22(30-8)33-24/h9-13,15H,1-6H3. The van der Waals surface area contributed by atoms with Gasteiger partial charge in [-0.05, 0) is 39.0 Å². The van der Waals surface area contributed by atoms with Gasteiger partial charge in [-0.1, -0.05) is 71.3 Å². The van der Waals surface area contributed by atoms with Crippen LogP contribution in [0.25, 0.3) is 32.3 Å². The van der Waals surface area contributed by atoms with Crippen LogP contribution in [0.3, 0.4) is 0 Å². The molecular weight excluding hydrogens is 408 g/mol. The van der Waals surface area contributed by atoms with Gasteiger partial charge in [0, 0.05) is 12.3 Å². The lowest BCUT2D eigenvalue weighted by molar-refractivity contribution is 0.125. The van der Waals surface area contributed by atoms with E-state index in [0.29, 0.717) is 16.9 Å². The number of hydrogen-bond donors (Lipinski definition) is 0. The van der Waals surface area contributed by atoms with Gasteiger partial charge in [-0.25, -0.2) is 4.85 Å². The van der Waals surface area contributed by atoms with E-state index in [4.69, 9.17) is 13.1 Å². The maximum absolute atomic E-state index is 9.21. The first kappa shape index (κ1) is 22.1. The molecule has 1 aromatic carbocycles. The Morgan fingerprint density at radius 3 is 2.18 bits per heavy atom. The Kier molecular flexibility index (Phi) is 4.84. The van der Waals surface area contributed by atoms with E-state index in [-0.39, 0.29) is 33.6 Å². The summed E-state index contributed by atoms with van der Waals surface area (Å²) in [5.41, 5.74) is 5.07. The Hall–Kier alpha value is -4.08. The van der Waals surface area contributed by atoms with E-state index in [0.717, 1.165) is 5.56 Å². The van der Waals surface area contributed by atoms with Crippen LogP contribution in [0.5, 0.6) is 0 Å².